The number of hydrogen-bond donors (Lipinski definition) is 0. The lowest BCUT2D eigenvalue weighted by atomic mass is 9.99. The van der Waals surface area contributed by atoms with E-state index in [2.05, 4.69) is 0 Å². The molecule has 3 aromatic heterocycles. The second-order valence-corrected chi connectivity index (χ2v) is 11.2. The molecule has 0 saturated carbocycles. The van der Waals surface area contributed by atoms with Crippen LogP contribution in [0.3, 0.4) is 0 Å². The van der Waals surface area contributed by atoms with Crippen molar-refractivity contribution in [3.63, 3.8) is 0 Å². The molecule has 5 nitrogen and oxygen atoms in total. The minimum Gasteiger partial charge on any atom is -0.456 e. The summed E-state index contributed by atoms with van der Waals surface area (Å²) in [4.78, 5) is 14.3. The van der Waals surface area contributed by atoms with Gasteiger partial charge in [-0.1, -0.05) is 139 Å². The van der Waals surface area contributed by atoms with E-state index in [0.717, 1.165) is 5.39 Å². The molecule has 3 heterocycles. The van der Waals surface area contributed by atoms with Crippen LogP contribution in [0.25, 0.3) is 100 Å². The highest BCUT2D eigenvalue weighted by molar-refractivity contribution is 6.12. The first-order chi connectivity index (χ1) is 31.0. The lowest BCUT2D eigenvalue weighted by molar-refractivity contribution is 0.669. The van der Waals surface area contributed by atoms with Gasteiger partial charge >= 0.3 is 0 Å². The van der Waals surface area contributed by atoms with Gasteiger partial charge in [0.1, 0.15) is 22.3 Å². The quantitative estimate of drug-likeness (QED) is 0.184. The third kappa shape index (κ3) is 4.67. The van der Waals surface area contributed by atoms with E-state index in [1.807, 2.05) is 36.4 Å². The van der Waals surface area contributed by atoms with Crippen molar-refractivity contribution in [2.45, 2.75) is 0 Å². The Morgan fingerprint density at radius 1 is 0.400 bits per heavy atom. The van der Waals surface area contributed by atoms with Crippen LogP contribution in [-0.4, -0.2) is 15.0 Å². The van der Waals surface area contributed by atoms with Gasteiger partial charge in [0, 0.05) is 43.8 Å². The van der Waals surface area contributed by atoms with Gasteiger partial charge in [0.15, 0.2) is 17.5 Å². The van der Waals surface area contributed by atoms with Crippen LogP contribution >= 0.6 is 0 Å². The highest BCUT2D eigenvalue weighted by Crippen LogP contribution is 2.39. The maximum Gasteiger partial charge on any atom is 0.164 e. The Bertz CT molecular complexity index is 3680. The lowest BCUT2D eigenvalue weighted by Crippen LogP contribution is -2.00. The second kappa shape index (κ2) is 11.4. The molecule has 0 amide bonds. The average Bonchev–Trinajstić information content (AvgIpc) is 3.90. The van der Waals surface area contributed by atoms with Crippen LogP contribution in [-0.2, 0) is 0 Å². The van der Waals surface area contributed by atoms with Crippen molar-refractivity contribution < 1.29 is 29.4 Å². The molecule has 0 aliphatic carbocycles. The van der Waals surface area contributed by atoms with Gasteiger partial charge < -0.3 is 8.83 Å². The van der Waals surface area contributed by atoms with E-state index in [0.29, 0.717) is 27.7 Å². The largest absolute Gasteiger partial charge is 0.456 e. The van der Waals surface area contributed by atoms with Crippen LogP contribution in [0, 0.1) is 0 Å². The molecular formula is C45H27N3O2. The Morgan fingerprint density at radius 2 is 1.10 bits per heavy atom. The zero-order valence-electron chi connectivity index (χ0n) is 40.6. The van der Waals surface area contributed by atoms with E-state index < -0.39 is 118 Å². The SMILES string of the molecule is [2H]c1c([2H])c([2H])c(-c2c([2H])c([2H])c(-c3c([2H])c([2H])c([2H])c4c3oc3c([2H])c(-c5nc(-c6ccccc6)nc(-c6cccc7oc8ccccc8c67)n5)c([2H])c([2H])c34)c([2H])c2[2H])c([2H])c1[2H]. The molecule has 0 aliphatic rings. The zero-order chi connectivity index (χ0) is 46.1. The van der Waals surface area contributed by atoms with E-state index in [9.17, 15) is 4.11 Å². The number of aromatic nitrogens is 3. The molecule has 50 heavy (non-hydrogen) atoms. The number of para-hydroxylation sites is 2. The standard InChI is InChI=1S/C45H27N3O2/c1-3-11-28(12-4-1)29-21-23-30(24-22-29)33-16-9-17-35-34-26-25-32(27-40(34)50-42(33)35)44-46-43(31-13-5-2-6-14-31)47-45(48-44)37-18-10-20-39-41(37)36-15-7-8-19-38(36)49-39/h1-27H/i1D,3D,4D,9D,11D,12D,16D,17D,21D,22D,23D,24D,25D,26D,27D. The molecule has 0 atom stereocenters. The highest BCUT2D eigenvalue weighted by Gasteiger charge is 2.19. The summed E-state index contributed by atoms with van der Waals surface area (Å²) < 4.78 is 145. The first-order valence-electron chi connectivity index (χ1n) is 22.9. The van der Waals surface area contributed by atoms with E-state index >= 15 is 0 Å². The molecule has 0 radical (unpaired) electrons. The molecule has 10 rings (SSSR count). The number of rotatable bonds is 5. The number of nitrogens with zero attached hydrogens (tertiary/aromatic N) is 3. The predicted octanol–water partition coefficient (Wildman–Crippen LogP) is 12.0. The summed E-state index contributed by atoms with van der Waals surface area (Å²) in [6.07, 6.45) is 0. The van der Waals surface area contributed by atoms with E-state index in [-0.39, 0.29) is 39.4 Å². The fourth-order valence-corrected chi connectivity index (χ4v) is 5.93. The molecule has 7 aromatic carbocycles. The third-order valence-corrected chi connectivity index (χ3v) is 8.22. The Hall–Kier alpha value is -6.85. The van der Waals surface area contributed by atoms with E-state index in [1.165, 1.54) is 0 Å². The molecule has 10 aromatic rings. The Kier molecular flexibility index (Phi) is 3.87. The summed E-state index contributed by atoms with van der Waals surface area (Å²) in [5.41, 5.74) is -1.05. The smallest absolute Gasteiger partial charge is 0.164 e. The highest BCUT2D eigenvalue weighted by atomic mass is 16.3. The average molecular weight is 657 g/mol. The summed E-state index contributed by atoms with van der Waals surface area (Å²) in [6.45, 7) is 0. The van der Waals surface area contributed by atoms with Gasteiger partial charge in [0.25, 0.3) is 0 Å². The van der Waals surface area contributed by atoms with Crippen LogP contribution in [0.15, 0.2) is 172 Å². The number of benzene rings is 7. The van der Waals surface area contributed by atoms with E-state index in [1.54, 1.807) is 36.4 Å². The molecular weight excluding hydrogens is 615 g/mol. The fraction of sp³-hybridized carbons (Fsp3) is 0. The van der Waals surface area contributed by atoms with Gasteiger partial charge in [0.2, 0.25) is 0 Å². The maximum atomic E-state index is 9.55. The van der Waals surface area contributed by atoms with Gasteiger partial charge in [-0.25, -0.2) is 15.0 Å². The van der Waals surface area contributed by atoms with Gasteiger partial charge in [-0.2, -0.15) is 0 Å². The zero-order valence-corrected chi connectivity index (χ0v) is 25.6. The van der Waals surface area contributed by atoms with Crippen molar-refractivity contribution >= 4 is 43.9 Å². The molecule has 0 bridgehead atoms. The van der Waals surface area contributed by atoms with Crippen molar-refractivity contribution in [1.29, 1.82) is 0 Å². The lowest BCUT2D eigenvalue weighted by Gasteiger charge is -2.09. The van der Waals surface area contributed by atoms with Gasteiger partial charge in [0.05, 0.1) is 20.6 Å². The Balaban J connectivity index is 1.25. The normalized spacial score (nSPS) is 15.8. The van der Waals surface area contributed by atoms with Gasteiger partial charge in [-0.05, 0) is 40.9 Å². The topological polar surface area (TPSA) is 65.0 Å². The molecule has 234 valence electrons. The third-order valence-electron chi connectivity index (χ3n) is 8.22. The van der Waals surface area contributed by atoms with Crippen molar-refractivity contribution in [2.75, 3.05) is 0 Å². The van der Waals surface area contributed by atoms with Crippen LogP contribution in [0.2, 0.25) is 0 Å². The van der Waals surface area contributed by atoms with Crippen LogP contribution in [0.4, 0.5) is 0 Å². The molecule has 0 N–H and O–H groups in total. The summed E-state index contributed by atoms with van der Waals surface area (Å²) in [7, 11) is 0. The molecule has 0 fully saturated rings. The first kappa shape index (κ1) is 17.0. The van der Waals surface area contributed by atoms with Crippen molar-refractivity contribution in [2.24, 2.45) is 0 Å². The van der Waals surface area contributed by atoms with Crippen LogP contribution in [0.5, 0.6) is 0 Å². The van der Waals surface area contributed by atoms with Crippen LogP contribution < -0.4 is 0 Å². The molecule has 0 unspecified atom stereocenters. The minimum atomic E-state index is -0.832. The van der Waals surface area contributed by atoms with E-state index in [4.69, 9.17) is 40.2 Å². The maximum absolute atomic E-state index is 9.55. The van der Waals surface area contributed by atoms with Gasteiger partial charge in [-0.15, -0.1) is 0 Å². The van der Waals surface area contributed by atoms with Crippen LogP contribution in [0.1, 0.15) is 20.6 Å². The summed E-state index contributed by atoms with van der Waals surface area (Å²) >= 11 is 0. The second-order valence-electron chi connectivity index (χ2n) is 11.2. The summed E-state index contributed by atoms with van der Waals surface area (Å²) in [6, 6.07) is 10.9. The summed E-state index contributed by atoms with van der Waals surface area (Å²) in [5, 5.41) is 0.919. The first-order valence-corrected chi connectivity index (χ1v) is 15.4. The minimum absolute atomic E-state index is 0.157. The number of furan rings is 2. The predicted molar refractivity (Wildman–Crippen MR) is 202 cm³/mol. The summed E-state index contributed by atoms with van der Waals surface area (Å²) in [5.74, 6) is 0.153. The number of hydrogen-bond acceptors (Lipinski definition) is 5. The van der Waals surface area contributed by atoms with Crippen molar-refractivity contribution in [3.05, 3.63) is 163 Å². The van der Waals surface area contributed by atoms with Gasteiger partial charge in [-0.3, -0.25) is 0 Å². The molecule has 0 aliphatic heterocycles. The monoisotopic (exact) mass is 656 g/mol. The Labute approximate surface area is 308 Å². The van der Waals surface area contributed by atoms with Crippen molar-refractivity contribution in [1.82, 2.24) is 15.0 Å². The number of fused-ring (bicyclic) bond motifs is 6. The molecule has 5 heteroatoms. The Morgan fingerprint density at radius 3 is 1.96 bits per heavy atom. The van der Waals surface area contributed by atoms with Crippen molar-refractivity contribution in [3.8, 4) is 56.4 Å². The molecule has 0 saturated heterocycles. The molecule has 0 spiro atoms. The fourth-order valence-electron chi connectivity index (χ4n) is 5.93.